The third kappa shape index (κ3) is 3.00. The molecular weight excluding hydrogens is 328 g/mol. The van der Waals surface area contributed by atoms with Crippen molar-refractivity contribution in [1.82, 2.24) is 0 Å². The van der Waals surface area contributed by atoms with Crippen LogP contribution in [-0.2, 0) is 0 Å². The molecule has 0 fully saturated rings. The second kappa shape index (κ2) is 7.49. The van der Waals surface area contributed by atoms with Gasteiger partial charge in [-0.05, 0) is 18.2 Å². The highest BCUT2D eigenvalue weighted by atomic mass is 16.2. The number of hydrogen-bond acceptors (Lipinski definition) is 5. The molecule has 0 spiro atoms. The molecule has 130 valence electrons. The van der Waals surface area contributed by atoms with Gasteiger partial charge in [-0.3, -0.25) is 9.69 Å². The van der Waals surface area contributed by atoms with Crippen molar-refractivity contribution in [3.63, 3.8) is 0 Å². The Hall–Kier alpha value is -3.66. The monoisotopic (exact) mass is 346 g/mol. The lowest BCUT2D eigenvalue weighted by atomic mass is 9.98. The van der Waals surface area contributed by atoms with Crippen molar-refractivity contribution in [2.24, 2.45) is 16.2 Å². The molecule has 0 bridgehead atoms. The standard InChI is InChI=1S/C19H18N6O/c1-2-7-16(23-24-21)18-22-15-11-6-8-13(12-20)17(15)19(26)25(18)14-9-4-3-5-10-14/h1,3-6,8-12,16,18,20,22H,7H2,(H2,21,23). The maximum atomic E-state index is 13.3. The summed E-state index contributed by atoms with van der Waals surface area (Å²) in [6, 6.07) is 14.0. The fourth-order valence-corrected chi connectivity index (χ4v) is 3.08. The average molecular weight is 346 g/mol. The number of nitrogens with two attached hydrogens (primary N) is 1. The second-order valence-electron chi connectivity index (χ2n) is 5.72. The van der Waals surface area contributed by atoms with E-state index in [-0.39, 0.29) is 12.3 Å². The summed E-state index contributed by atoms with van der Waals surface area (Å²) in [6.07, 6.45) is 6.34. The first-order valence-electron chi connectivity index (χ1n) is 8.03. The predicted molar refractivity (Wildman–Crippen MR) is 101 cm³/mol. The highest BCUT2D eigenvalue weighted by Crippen LogP contribution is 2.33. The number of amides is 1. The summed E-state index contributed by atoms with van der Waals surface area (Å²) < 4.78 is 0. The fraction of sp³-hybridized carbons (Fsp3) is 0.158. The van der Waals surface area contributed by atoms with E-state index in [9.17, 15) is 4.79 Å². The van der Waals surface area contributed by atoms with Crippen LogP contribution < -0.4 is 16.1 Å². The third-order valence-corrected chi connectivity index (χ3v) is 4.21. The van der Waals surface area contributed by atoms with E-state index in [4.69, 9.17) is 17.7 Å². The van der Waals surface area contributed by atoms with E-state index >= 15 is 0 Å². The van der Waals surface area contributed by atoms with Gasteiger partial charge in [0.25, 0.3) is 5.91 Å². The smallest absolute Gasteiger partial charge is 0.262 e. The Morgan fingerprint density at radius 1 is 1.31 bits per heavy atom. The number of rotatable bonds is 5. The van der Waals surface area contributed by atoms with Crippen LogP contribution in [0.3, 0.4) is 0 Å². The Morgan fingerprint density at radius 3 is 2.73 bits per heavy atom. The molecule has 0 aliphatic carbocycles. The van der Waals surface area contributed by atoms with Gasteiger partial charge in [0.05, 0.1) is 5.56 Å². The van der Waals surface area contributed by atoms with Crippen LogP contribution in [0.2, 0.25) is 0 Å². The Morgan fingerprint density at radius 2 is 2.08 bits per heavy atom. The molecule has 0 radical (unpaired) electrons. The van der Waals surface area contributed by atoms with Crippen LogP contribution in [0.15, 0.2) is 58.9 Å². The predicted octanol–water partition coefficient (Wildman–Crippen LogP) is 2.80. The molecular formula is C19H18N6O. The molecule has 1 amide bonds. The van der Waals surface area contributed by atoms with Crippen LogP contribution in [0.1, 0.15) is 22.3 Å². The minimum atomic E-state index is -0.554. The maximum Gasteiger partial charge on any atom is 0.262 e. The van der Waals surface area contributed by atoms with Gasteiger partial charge in [0, 0.05) is 29.6 Å². The van der Waals surface area contributed by atoms with E-state index < -0.39 is 12.2 Å². The van der Waals surface area contributed by atoms with E-state index in [0.717, 1.165) is 0 Å². The first kappa shape index (κ1) is 17.2. The molecule has 3 rings (SSSR count). The summed E-state index contributed by atoms with van der Waals surface area (Å²) in [7, 11) is 0. The van der Waals surface area contributed by atoms with Gasteiger partial charge < -0.3 is 16.6 Å². The summed E-state index contributed by atoms with van der Waals surface area (Å²) in [6.45, 7) is 0. The van der Waals surface area contributed by atoms with Gasteiger partial charge in [-0.15, -0.1) is 12.3 Å². The molecule has 7 nitrogen and oxygen atoms in total. The van der Waals surface area contributed by atoms with Gasteiger partial charge in [-0.1, -0.05) is 35.6 Å². The SMILES string of the molecule is C#CCC(N=NN)C1Nc2cccc(C=N)c2C(=O)N1c1ccccc1. The van der Waals surface area contributed by atoms with E-state index in [1.54, 1.807) is 23.1 Å². The summed E-state index contributed by atoms with van der Waals surface area (Å²) in [5.41, 5.74) is 2.29. The molecule has 0 saturated heterocycles. The lowest BCUT2D eigenvalue weighted by Crippen LogP contribution is -2.54. The van der Waals surface area contributed by atoms with Crippen LogP contribution in [0.4, 0.5) is 11.4 Å². The zero-order valence-corrected chi connectivity index (χ0v) is 14.0. The van der Waals surface area contributed by atoms with Crippen molar-refractivity contribution < 1.29 is 4.79 Å². The Balaban J connectivity index is 2.17. The molecule has 1 heterocycles. The quantitative estimate of drug-likeness (QED) is 0.255. The normalized spacial score (nSPS) is 17.3. The first-order valence-corrected chi connectivity index (χ1v) is 8.03. The van der Waals surface area contributed by atoms with Gasteiger partial charge in [0.2, 0.25) is 0 Å². The highest BCUT2D eigenvalue weighted by Gasteiger charge is 2.38. The van der Waals surface area contributed by atoms with Crippen LogP contribution in [0, 0.1) is 17.8 Å². The molecule has 0 aromatic heterocycles. The number of nitrogens with zero attached hydrogens (tertiary/aromatic N) is 3. The van der Waals surface area contributed by atoms with Crippen molar-refractivity contribution in [2.45, 2.75) is 18.6 Å². The number of carbonyl (C=O) groups is 1. The zero-order chi connectivity index (χ0) is 18.5. The van der Waals surface area contributed by atoms with Gasteiger partial charge in [0.15, 0.2) is 0 Å². The van der Waals surface area contributed by atoms with Crippen molar-refractivity contribution in [1.29, 1.82) is 5.41 Å². The second-order valence-corrected chi connectivity index (χ2v) is 5.72. The minimum absolute atomic E-state index is 0.233. The lowest BCUT2D eigenvalue weighted by Gasteiger charge is -2.40. The van der Waals surface area contributed by atoms with Crippen molar-refractivity contribution in [3.8, 4) is 12.3 Å². The summed E-state index contributed by atoms with van der Waals surface area (Å²) >= 11 is 0. The summed E-state index contributed by atoms with van der Waals surface area (Å²) in [4.78, 5) is 14.9. The number of para-hydroxylation sites is 1. The summed E-state index contributed by atoms with van der Waals surface area (Å²) in [5, 5.41) is 18.3. The molecule has 2 unspecified atom stereocenters. The highest BCUT2D eigenvalue weighted by molar-refractivity contribution is 6.16. The number of benzene rings is 2. The number of anilines is 2. The molecule has 26 heavy (non-hydrogen) atoms. The van der Waals surface area contributed by atoms with Crippen LogP contribution in [0.25, 0.3) is 0 Å². The van der Waals surface area contributed by atoms with Gasteiger partial charge in [-0.2, -0.15) is 5.11 Å². The molecule has 1 aliphatic heterocycles. The molecule has 1 aliphatic rings. The van der Waals surface area contributed by atoms with Crippen LogP contribution >= 0.6 is 0 Å². The maximum absolute atomic E-state index is 13.3. The molecule has 2 atom stereocenters. The molecule has 7 heteroatoms. The topological polar surface area (TPSA) is 107 Å². The Bertz CT molecular complexity index is 887. The molecule has 2 aromatic carbocycles. The Labute approximate surface area is 151 Å². The Kier molecular flexibility index (Phi) is 4.94. The van der Waals surface area contributed by atoms with Gasteiger partial charge >= 0.3 is 0 Å². The number of fused-ring (bicyclic) bond motifs is 1. The van der Waals surface area contributed by atoms with Gasteiger partial charge in [0.1, 0.15) is 12.2 Å². The van der Waals surface area contributed by atoms with E-state index in [0.29, 0.717) is 22.5 Å². The third-order valence-electron chi connectivity index (χ3n) is 4.21. The zero-order valence-electron chi connectivity index (χ0n) is 14.0. The van der Waals surface area contributed by atoms with Crippen LogP contribution in [0.5, 0.6) is 0 Å². The summed E-state index contributed by atoms with van der Waals surface area (Å²) in [5.74, 6) is 7.58. The van der Waals surface area contributed by atoms with E-state index in [2.05, 4.69) is 21.6 Å². The van der Waals surface area contributed by atoms with Crippen molar-refractivity contribution in [3.05, 3.63) is 59.7 Å². The first-order chi connectivity index (χ1) is 12.7. The van der Waals surface area contributed by atoms with Crippen molar-refractivity contribution in [2.75, 3.05) is 10.2 Å². The number of nitrogens with one attached hydrogen (secondary N) is 2. The number of carbonyl (C=O) groups excluding carboxylic acids is 1. The number of hydrogen-bond donors (Lipinski definition) is 3. The number of terminal acetylenes is 1. The average Bonchev–Trinajstić information content (AvgIpc) is 2.67. The molecule has 0 saturated carbocycles. The fourth-order valence-electron chi connectivity index (χ4n) is 3.08. The molecule has 2 aromatic rings. The van der Waals surface area contributed by atoms with Crippen molar-refractivity contribution >= 4 is 23.5 Å². The van der Waals surface area contributed by atoms with Gasteiger partial charge in [-0.25, -0.2) is 0 Å². The minimum Gasteiger partial charge on any atom is -0.362 e. The van der Waals surface area contributed by atoms with E-state index in [1.807, 2.05) is 30.3 Å². The van der Waals surface area contributed by atoms with Crippen LogP contribution in [-0.4, -0.2) is 24.3 Å². The largest absolute Gasteiger partial charge is 0.362 e. The lowest BCUT2D eigenvalue weighted by molar-refractivity contribution is 0.0971. The van der Waals surface area contributed by atoms with E-state index in [1.165, 1.54) is 6.21 Å². The molecule has 4 N–H and O–H groups in total.